The number of fused-ring (bicyclic) bond motifs is 11. The summed E-state index contributed by atoms with van der Waals surface area (Å²) >= 11 is 0. The topological polar surface area (TPSA) is 14.8 Å². The third-order valence-electron chi connectivity index (χ3n) is 17.3. The summed E-state index contributed by atoms with van der Waals surface area (Å²) in [6.07, 6.45) is 1.04. The predicted octanol–water partition coefficient (Wildman–Crippen LogP) is 21.5. The molecule has 3 nitrogen and oxygen atoms in total. The highest BCUT2D eigenvalue weighted by molar-refractivity contribution is 6.22. The Bertz CT molecular complexity index is 5130. The van der Waals surface area contributed by atoms with Crippen LogP contribution in [0.1, 0.15) is 25.0 Å². The molecule has 0 aliphatic carbocycles. The van der Waals surface area contributed by atoms with E-state index < -0.39 is 0 Å². The molecule has 3 heteroatoms. The second kappa shape index (κ2) is 19.0. The largest absolute Gasteiger partial charge is 0.309 e. The SMILES string of the molecule is Cc1ccc2c(c1)c1cc(-c3ccc4c(c3)c3cc(-c5ccc6c(c5)c5cc(CC(C)C)ccc5n6-c5ccccc5)ccc3n4-c3ccc(-c4c5ccccc5c(-c5ccccc5)c5ccccc45)cc3)ccc1n2-c1ccccc1. The summed E-state index contributed by atoms with van der Waals surface area (Å²) in [5.74, 6) is 0.565. The van der Waals surface area contributed by atoms with E-state index in [1.807, 2.05) is 0 Å². The van der Waals surface area contributed by atoms with Gasteiger partial charge in [0.2, 0.25) is 0 Å². The van der Waals surface area contributed by atoms with Crippen molar-refractivity contribution in [3.63, 3.8) is 0 Å². The zero-order valence-corrected chi connectivity index (χ0v) is 46.1. The molecule has 0 bridgehead atoms. The van der Waals surface area contributed by atoms with E-state index in [2.05, 4.69) is 307 Å². The highest BCUT2D eigenvalue weighted by Crippen LogP contribution is 2.46. The van der Waals surface area contributed by atoms with E-state index in [1.165, 1.54) is 148 Å². The van der Waals surface area contributed by atoms with Gasteiger partial charge < -0.3 is 13.7 Å². The second-order valence-corrected chi connectivity index (χ2v) is 22.8. The number of hydrogen-bond donors (Lipinski definition) is 0. The van der Waals surface area contributed by atoms with Crippen LogP contribution in [0.2, 0.25) is 0 Å². The van der Waals surface area contributed by atoms with Crippen LogP contribution in [0.25, 0.3) is 149 Å². The van der Waals surface area contributed by atoms with Crippen LogP contribution in [-0.4, -0.2) is 13.7 Å². The molecular weight excluding hydrogens is 991 g/mol. The van der Waals surface area contributed by atoms with Crippen LogP contribution in [0, 0.1) is 12.8 Å². The molecule has 82 heavy (non-hydrogen) atoms. The Hall–Kier alpha value is -10.2. The molecule has 388 valence electrons. The van der Waals surface area contributed by atoms with E-state index in [-0.39, 0.29) is 0 Å². The molecule has 3 heterocycles. The van der Waals surface area contributed by atoms with E-state index in [4.69, 9.17) is 0 Å². The molecule has 0 atom stereocenters. The molecule has 3 aromatic heterocycles. The van der Waals surface area contributed by atoms with Crippen molar-refractivity contribution in [3.8, 4) is 61.6 Å². The van der Waals surface area contributed by atoms with Gasteiger partial charge in [0, 0.05) is 49.4 Å². The minimum atomic E-state index is 0.565. The van der Waals surface area contributed by atoms with Crippen LogP contribution in [0.4, 0.5) is 0 Å². The van der Waals surface area contributed by atoms with E-state index in [0.29, 0.717) is 5.92 Å². The molecule has 16 aromatic rings. The Kier molecular flexibility index (Phi) is 11.0. The maximum Gasteiger partial charge on any atom is 0.0541 e. The van der Waals surface area contributed by atoms with Crippen LogP contribution < -0.4 is 0 Å². The number of aromatic nitrogens is 3. The first-order valence-electron chi connectivity index (χ1n) is 28.8. The average Bonchev–Trinajstić information content (AvgIpc) is 4.12. The Morgan fingerprint density at radius 1 is 0.256 bits per heavy atom. The van der Waals surface area contributed by atoms with Crippen LogP contribution in [0.3, 0.4) is 0 Å². The third-order valence-corrected chi connectivity index (χ3v) is 17.3. The zero-order valence-electron chi connectivity index (χ0n) is 46.1. The summed E-state index contributed by atoms with van der Waals surface area (Å²) in [4.78, 5) is 0. The number of benzene rings is 13. The first-order chi connectivity index (χ1) is 40.4. The van der Waals surface area contributed by atoms with Crippen molar-refractivity contribution in [2.24, 2.45) is 5.92 Å². The molecule has 0 amide bonds. The normalized spacial score (nSPS) is 12.0. The lowest BCUT2D eigenvalue weighted by atomic mass is 9.86. The Balaban J connectivity index is 0.886. The van der Waals surface area contributed by atoms with Crippen molar-refractivity contribution in [1.82, 2.24) is 13.7 Å². The molecule has 0 fully saturated rings. The Labute approximate surface area is 476 Å². The summed E-state index contributed by atoms with van der Waals surface area (Å²) in [6.45, 7) is 6.81. The number of nitrogens with zero attached hydrogens (tertiary/aromatic N) is 3. The lowest BCUT2D eigenvalue weighted by Crippen LogP contribution is -1.95. The van der Waals surface area contributed by atoms with Crippen molar-refractivity contribution < 1.29 is 0 Å². The molecule has 0 saturated carbocycles. The van der Waals surface area contributed by atoms with Gasteiger partial charge in [0.05, 0.1) is 33.1 Å². The molecule has 0 aliphatic rings. The van der Waals surface area contributed by atoms with Crippen molar-refractivity contribution in [1.29, 1.82) is 0 Å². The molecule has 13 aromatic carbocycles. The molecular formula is C79H57N3. The van der Waals surface area contributed by atoms with Crippen LogP contribution in [0.15, 0.2) is 273 Å². The highest BCUT2D eigenvalue weighted by Gasteiger charge is 2.21. The van der Waals surface area contributed by atoms with Crippen molar-refractivity contribution in [3.05, 3.63) is 284 Å². The second-order valence-electron chi connectivity index (χ2n) is 22.8. The van der Waals surface area contributed by atoms with Crippen LogP contribution in [0.5, 0.6) is 0 Å². The van der Waals surface area contributed by atoms with Gasteiger partial charge in [-0.25, -0.2) is 0 Å². The van der Waals surface area contributed by atoms with E-state index in [1.54, 1.807) is 0 Å². The molecule has 0 N–H and O–H groups in total. The predicted molar refractivity (Wildman–Crippen MR) is 349 cm³/mol. The van der Waals surface area contributed by atoms with Gasteiger partial charge in [-0.15, -0.1) is 0 Å². The molecule has 0 saturated heterocycles. The molecule has 0 aliphatic heterocycles. The summed E-state index contributed by atoms with van der Waals surface area (Å²) in [5, 5.41) is 12.5. The summed E-state index contributed by atoms with van der Waals surface area (Å²) in [7, 11) is 0. The maximum atomic E-state index is 2.48. The van der Waals surface area contributed by atoms with Gasteiger partial charge in [-0.05, 0) is 200 Å². The monoisotopic (exact) mass is 1050 g/mol. The van der Waals surface area contributed by atoms with Gasteiger partial charge in [0.15, 0.2) is 0 Å². The van der Waals surface area contributed by atoms with Crippen molar-refractivity contribution in [2.75, 3.05) is 0 Å². The molecule has 0 radical (unpaired) electrons. The fourth-order valence-electron chi connectivity index (χ4n) is 13.7. The zero-order chi connectivity index (χ0) is 54.6. The molecule has 16 rings (SSSR count). The van der Waals surface area contributed by atoms with E-state index in [9.17, 15) is 0 Å². The van der Waals surface area contributed by atoms with E-state index >= 15 is 0 Å². The molecule has 0 unspecified atom stereocenters. The van der Waals surface area contributed by atoms with Crippen LogP contribution >= 0.6 is 0 Å². The lowest BCUT2D eigenvalue weighted by molar-refractivity contribution is 0.648. The Morgan fingerprint density at radius 3 is 0.963 bits per heavy atom. The standard InChI is InChI=1S/C79H57N3/c1-50(2)43-52-28-38-73-67(45-52)69-47-56(32-40-75(69)81(73)60-21-11-6-12-22-60)58-34-42-77-71(49-58)70-48-57(55-31-39-74-68(46-55)66-44-51(3)27-37-72(66)80(74)59-19-9-5-10-20-59)33-41-76(70)82(77)61-35-29-54(30-36-61)79-64-25-15-13-23-62(64)78(53-17-7-4-8-18-53)63-24-14-16-26-65(63)79/h4-42,44-50H,43H2,1-3H3. The van der Waals surface area contributed by atoms with Gasteiger partial charge in [-0.3, -0.25) is 0 Å². The number of hydrogen-bond acceptors (Lipinski definition) is 0. The van der Waals surface area contributed by atoms with Gasteiger partial charge in [0.1, 0.15) is 0 Å². The highest BCUT2D eigenvalue weighted by atomic mass is 15.0. The minimum absolute atomic E-state index is 0.565. The number of rotatable bonds is 9. The number of aryl methyl sites for hydroxylation is 1. The maximum absolute atomic E-state index is 2.48. The fourth-order valence-corrected chi connectivity index (χ4v) is 13.7. The fraction of sp³-hybridized carbons (Fsp3) is 0.0633. The lowest BCUT2D eigenvalue weighted by Gasteiger charge is -2.18. The first-order valence-corrected chi connectivity index (χ1v) is 28.8. The summed E-state index contributed by atoms with van der Waals surface area (Å²) in [5.41, 5.74) is 23.0. The van der Waals surface area contributed by atoms with E-state index in [0.717, 1.165) is 17.8 Å². The van der Waals surface area contributed by atoms with Gasteiger partial charge >= 0.3 is 0 Å². The number of para-hydroxylation sites is 2. The van der Waals surface area contributed by atoms with Gasteiger partial charge in [0.25, 0.3) is 0 Å². The van der Waals surface area contributed by atoms with Crippen LogP contribution in [-0.2, 0) is 6.42 Å². The first kappa shape index (κ1) is 47.8. The Morgan fingerprint density at radius 2 is 0.561 bits per heavy atom. The van der Waals surface area contributed by atoms with Crippen molar-refractivity contribution in [2.45, 2.75) is 27.2 Å². The summed E-state index contributed by atoms with van der Waals surface area (Å²) < 4.78 is 7.31. The summed E-state index contributed by atoms with van der Waals surface area (Å²) in [6, 6.07) is 102. The smallest absolute Gasteiger partial charge is 0.0541 e. The average molecular weight is 1050 g/mol. The van der Waals surface area contributed by atoms with Crippen molar-refractivity contribution >= 4 is 87.0 Å². The molecule has 0 spiro atoms. The minimum Gasteiger partial charge on any atom is -0.309 e. The quantitative estimate of drug-likeness (QED) is 0.128. The van der Waals surface area contributed by atoms with Gasteiger partial charge in [-0.1, -0.05) is 183 Å². The third kappa shape index (κ3) is 7.65. The van der Waals surface area contributed by atoms with Gasteiger partial charge in [-0.2, -0.15) is 0 Å².